The maximum atomic E-state index is 12.8. The van der Waals surface area contributed by atoms with Crippen molar-refractivity contribution in [1.82, 2.24) is 19.9 Å². The van der Waals surface area contributed by atoms with Gasteiger partial charge in [0.25, 0.3) is 5.91 Å². The second-order valence-electron chi connectivity index (χ2n) is 5.89. The van der Waals surface area contributed by atoms with Crippen LogP contribution < -0.4 is 0 Å². The van der Waals surface area contributed by atoms with E-state index >= 15 is 0 Å². The third kappa shape index (κ3) is 3.29. The molecular weight excluding hydrogens is 296 g/mol. The molecule has 1 aliphatic heterocycles. The van der Waals surface area contributed by atoms with Crippen LogP contribution in [0.1, 0.15) is 48.0 Å². The molecule has 1 amide bonds. The monoisotopic (exact) mass is 318 g/mol. The molecule has 1 aliphatic rings. The number of likely N-dealkylation sites (tertiary alicyclic amines) is 1. The SMILES string of the molecule is CCCc1occc1C(=O)N1CCC[C@H]1Cn1cc(CO)nn1. The molecule has 1 atom stereocenters. The maximum Gasteiger partial charge on any atom is 0.257 e. The second-order valence-corrected chi connectivity index (χ2v) is 5.89. The molecule has 0 unspecified atom stereocenters. The van der Waals surface area contributed by atoms with Gasteiger partial charge in [-0.1, -0.05) is 12.1 Å². The standard InChI is InChI=1S/C16H22N4O3/c1-2-4-15-14(6-8-23-15)16(22)20-7-3-5-13(20)10-19-9-12(11-21)17-18-19/h6,8-9,13,21H,2-5,7,10-11H2,1H3/t13-/m0/s1. The molecule has 1 saturated heterocycles. The quantitative estimate of drug-likeness (QED) is 0.875. The van der Waals surface area contributed by atoms with Gasteiger partial charge >= 0.3 is 0 Å². The van der Waals surface area contributed by atoms with Crippen LogP contribution in [0.2, 0.25) is 0 Å². The van der Waals surface area contributed by atoms with Crippen molar-refractivity contribution >= 4 is 5.91 Å². The van der Waals surface area contributed by atoms with Crippen molar-refractivity contribution in [2.24, 2.45) is 0 Å². The molecule has 2 aromatic heterocycles. The molecule has 7 heteroatoms. The highest BCUT2D eigenvalue weighted by Crippen LogP contribution is 2.24. The summed E-state index contributed by atoms with van der Waals surface area (Å²) in [6.45, 7) is 3.29. The summed E-state index contributed by atoms with van der Waals surface area (Å²) in [5.74, 6) is 0.804. The van der Waals surface area contributed by atoms with Gasteiger partial charge in [0.15, 0.2) is 0 Å². The van der Waals surface area contributed by atoms with Crippen molar-refractivity contribution in [2.45, 2.75) is 51.8 Å². The van der Waals surface area contributed by atoms with Gasteiger partial charge in [-0.15, -0.1) is 5.10 Å². The van der Waals surface area contributed by atoms with Crippen LogP contribution in [0.4, 0.5) is 0 Å². The first-order valence-electron chi connectivity index (χ1n) is 8.10. The number of carbonyl (C=O) groups excluding carboxylic acids is 1. The normalized spacial score (nSPS) is 17.8. The molecule has 0 aromatic carbocycles. The first-order chi connectivity index (χ1) is 11.2. The lowest BCUT2D eigenvalue weighted by atomic mass is 10.1. The molecule has 124 valence electrons. The van der Waals surface area contributed by atoms with Gasteiger partial charge in [-0.25, -0.2) is 0 Å². The maximum absolute atomic E-state index is 12.8. The van der Waals surface area contributed by atoms with Gasteiger partial charge in [0, 0.05) is 13.0 Å². The van der Waals surface area contributed by atoms with Gasteiger partial charge in [0.2, 0.25) is 0 Å². The van der Waals surface area contributed by atoms with E-state index in [1.54, 1.807) is 23.2 Å². The van der Waals surface area contributed by atoms with E-state index < -0.39 is 0 Å². The topological polar surface area (TPSA) is 84.4 Å². The zero-order chi connectivity index (χ0) is 16.2. The van der Waals surface area contributed by atoms with Crippen LogP contribution in [-0.2, 0) is 19.6 Å². The lowest BCUT2D eigenvalue weighted by molar-refractivity contribution is 0.0719. The van der Waals surface area contributed by atoms with Crippen molar-refractivity contribution in [3.63, 3.8) is 0 Å². The number of hydrogen-bond donors (Lipinski definition) is 1. The molecule has 23 heavy (non-hydrogen) atoms. The van der Waals surface area contributed by atoms with Crippen molar-refractivity contribution in [3.8, 4) is 0 Å². The van der Waals surface area contributed by atoms with Crippen molar-refractivity contribution in [2.75, 3.05) is 6.54 Å². The second kappa shape index (κ2) is 6.95. The first kappa shape index (κ1) is 15.7. The summed E-state index contributed by atoms with van der Waals surface area (Å²) in [6, 6.07) is 1.86. The molecule has 3 rings (SSSR count). The van der Waals surface area contributed by atoms with Crippen LogP contribution in [-0.4, -0.2) is 43.5 Å². The molecule has 0 bridgehead atoms. The van der Waals surface area contributed by atoms with E-state index in [4.69, 9.17) is 9.52 Å². The molecule has 7 nitrogen and oxygen atoms in total. The summed E-state index contributed by atoms with van der Waals surface area (Å²) in [6.07, 6.45) is 6.96. The van der Waals surface area contributed by atoms with Crippen LogP contribution >= 0.6 is 0 Å². The minimum absolute atomic E-state index is 0.0344. The van der Waals surface area contributed by atoms with Crippen LogP contribution in [0.5, 0.6) is 0 Å². The van der Waals surface area contributed by atoms with Crippen LogP contribution in [0, 0.1) is 0 Å². The summed E-state index contributed by atoms with van der Waals surface area (Å²) < 4.78 is 7.15. The van der Waals surface area contributed by atoms with Crippen LogP contribution in [0.25, 0.3) is 0 Å². The lowest BCUT2D eigenvalue weighted by Gasteiger charge is -2.24. The number of aromatic nitrogens is 3. The van der Waals surface area contributed by atoms with Gasteiger partial charge in [-0.05, 0) is 25.3 Å². The van der Waals surface area contributed by atoms with Gasteiger partial charge < -0.3 is 14.4 Å². The molecule has 0 aliphatic carbocycles. The Morgan fingerprint density at radius 1 is 1.52 bits per heavy atom. The van der Waals surface area contributed by atoms with Crippen molar-refractivity contribution in [3.05, 3.63) is 35.5 Å². The summed E-state index contributed by atoms with van der Waals surface area (Å²) in [5.41, 5.74) is 1.22. The van der Waals surface area contributed by atoms with Crippen LogP contribution in [0.15, 0.2) is 22.9 Å². The average molecular weight is 318 g/mol. The number of amides is 1. The predicted octanol–water partition coefficient (Wildman–Crippen LogP) is 1.62. The lowest BCUT2D eigenvalue weighted by Crippen LogP contribution is -2.38. The Labute approximate surface area is 134 Å². The predicted molar refractivity (Wildman–Crippen MR) is 82.7 cm³/mol. The van der Waals surface area contributed by atoms with Gasteiger partial charge in [-0.2, -0.15) is 0 Å². The summed E-state index contributed by atoms with van der Waals surface area (Å²) >= 11 is 0. The smallest absolute Gasteiger partial charge is 0.257 e. The molecule has 1 fully saturated rings. The largest absolute Gasteiger partial charge is 0.469 e. The van der Waals surface area contributed by atoms with E-state index in [0.29, 0.717) is 17.8 Å². The Bertz CT molecular complexity index is 664. The highest BCUT2D eigenvalue weighted by atomic mass is 16.3. The third-order valence-corrected chi connectivity index (χ3v) is 4.24. The molecule has 0 spiro atoms. The Kier molecular flexibility index (Phi) is 4.76. The van der Waals surface area contributed by atoms with Crippen molar-refractivity contribution < 1.29 is 14.3 Å². The molecule has 0 radical (unpaired) electrons. The highest BCUT2D eigenvalue weighted by Gasteiger charge is 2.31. The molecular formula is C16H22N4O3. The van der Waals surface area contributed by atoms with E-state index in [1.807, 2.05) is 4.90 Å². The number of aliphatic hydroxyl groups is 1. The average Bonchev–Trinajstić information content (AvgIpc) is 3.28. The third-order valence-electron chi connectivity index (χ3n) is 4.24. The molecule has 0 saturated carbocycles. The Morgan fingerprint density at radius 3 is 3.13 bits per heavy atom. The van der Waals surface area contributed by atoms with E-state index in [-0.39, 0.29) is 18.6 Å². The van der Waals surface area contributed by atoms with E-state index in [1.165, 1.54) is 0 Å². The number of aliphatic hydroxyl groups excluding tert-OH is 1. The van der Waals surface area contributed by atoms with E-state index in [0.717, 1.165) is 38.0 Å². The molecule has 3 heterocycles. The fraction of sp³-hybridized carbons (Fsp3) is 0.562. The van der Waals surface area contributed by atoms with Crippen LogP contribution in [0.3, 0.4) is 0 Å². The number of aryl methyl sites for hydroxylation is 1. The molecule has 1 N–H and O–H groups in total. The van der Waals surface area contributed by atoms with Crippen molar-refractivity contribution in [1.29, 1.82) is 0 Å². The summed E-state index contributed by atoms with van der Waals surface area (Å²) in [7, 11) is 0. The number of hydrogen-bond acceptors (Lipinski definition) is 5. The first-order valence-corrected chi connectivity index (χ1v) is 8.10. The number of carbonyl (C=O) groups is 1. The Morgan fingerprint density at radius 2 is 2.39 bits per heavy atom. The van der Waals surface area contributed by atoms with Gasteiger partial charge in [0.1, 0.15) is 11.5 Å². The molecule has 2 aromatic rings. The Balaban J connectivity index is 1.72. The van der Waals surface area contributed by atoms with Gasteiger partial charge in [0.05, 0.1) is 37.2 Å². The summed E-state index contributed by atoms with van der Waals surface area (Å²) in [5, 5.41) is 17.0. The minimum atomic E-state index is -0.122. The number of nitrogens with zero attached hydrogens (tertiary/aromatic N) is 4. The van der Waals surface area contributed by atoms with E-state index in [9.17, 15) is 4.79 Å². The highest BCUT2D eigenvalue weighted by molar-refractivity contribution is 5.95. The zero-order valence-corrected chi connectivity index (χ0v) is 13.3. The number of furan rings is 1. The Hall–Kier alpha value is -2.15. The van der Waals surface area contributed by atoms with Gasteiger partial charge in [-0.3, -0.25) is 9.48 Å². The minimum Gasteiger partial charge on any atom is -0.469 e. The zero-order valence-electron chi connectivity index (χ0n) is 13.3. The summed E-state index contributed by atoms with van der Waals surface area (Å²) in [4.78, 5) is 14.8. The van der Waals surface area contributed by atoms with E-state index in [2.05, 4.69) is 17.2 Å². The number of rotatable bonds is 6. The fourth-order valence-electron chi connectivity index (χ4n) is 3.12. The fourth-order valence-corrected chi connectivity index (χ4v) is 3.12.